The number of nitrogens with two attached hydrogens (primary N) is 1. The van der Waals surface area contributed by atoms with Gasteiger partial charge < -0.3 is 5.73 Å². The molecule has 0 amide bonds. The number of aromatic nitrogens is 2. The van der Waals surface area contributed by atoms with E-state index in [1.54, 1.807) is 0 Å². The van der Waals surface area contributed by atoms with Crippen molar-refractivity contribution in [3.05, 3.63) is 17.5 Å². The predicted molar refractivity (Wildman–Crippen MR) is 79.9 cm³/mol. The predicted octanol–water partition coefficient (Wildman–Crippen LogP) is 3.06. The van der Waals surface area contributed by atoms with Gasteiger partial charge in [0.15, 0.2) is 0 Å². The first-order valence-electron chi connectivity index (χ1n) is 7.52. The summed E-state index contributed by atoms with van der Waals surface area (Å²) in [6.45, 7) is 9.14. The second kappa shape index (κ2) is 5.28. The number of nitrogens with zero attached hydrogens (tertiary/aromatic N) is 2. The molecule has 0 bridgehead atoms. The van der Waals surface area contributed by atoms with Crippen LogP contribution in [0.3, 0.4) is 0 Å². The van der Waals surface area contributed by atoms with E-state index in [2.05, 4.69) is 38.9 Å². The van der Waals surface area contributed by atoms with E-state index < -0.39 is 0 Å². The molecule has 1 aromatic rings. The lowest BCUT2D eigenvalue weighted by Crippen LogP contribution is -2.40. The molecule has 0 spiro atoms. The zero-order valence-electron chi connectivity index (χ0n) is 13.1. The molecule has 2 N–H and O–H groups in total. The summed E-state index contributed by atoms with van der Waals surface area (Å²) in [5.74, 6) is 1.40. The second-order valence-corrected chi connectivity index (χ2v) is 7.40. The summed E-state index contributed by atoms with van der Waals surface area (Å²) in [4.78, 5) is 0. The molecule has 0 saturated heterocycles. The lowest BCUT2D eigenvalue weighted by molar-refractivity contribution is 0.126. The highest BCUT2D eigenvalue weighted by Gasteiger charge is 2.34. The van der Waals surface area contributed by atoms with Crippen LogP contribution < -0.4 is 5.73 Å². The van der Waals surface area contributed by atoms with Gasteiger partial charge in [0.05, 0.1) is 5.69 Å². The normalized spacial score (nSPS) is 28.6. The number of hydrogen-bond donors (Lipinski definition) is 1. The highest BCUT2D eigenvalue weighted by Crippen LogP contribution is 2.40. The minimum absolute atomic E-state index is 0.355. The van der Waals surface area contributed by atoms with E-state index in [0.29, 0.717) is 17.4 Å². The lowest BCUT2D eigenvalue weighted by atomic mass is 9.67. The van der Waals surface area contributed by atoms with Gasteiger partial charge in [0, 0.05) is 18.8 Å². The van der Waals surface area contributed by atoms with Gasteiger partial charge in [-0.3, -0.25) is 4.68 Å². The van der Waals surface area contributed by atoms with Crippen LogP contribution in [0.1, 0.15) is 51.4 Å². The van der Waals surface area contributed by atoms with E-state index in [1.807, 2.05) is 11.7 Å². The summed E-state index contributed by atoms with van der Waals surface area (Å²) in [7, 11) is 2.04. The Morgan fingerprint density at radius 3 is 2.58 bits per heavy atom. The number of hydrogen-bond acceptors (Lipinski definition) is 2. The van der Waals surface area contributed by atoms with Crippen molar-refractivity contribution < 1.29 is 0 Å². The van der Waals surface area contributed by atoms with Gasteiger partial charge in [-0.15, -0.1) is 0 Å². The van der Waals surface area contributed by atoms with E-state index >= 15 is 0 Å². The molecule has 3 atom stereocenters. The zero-order chi connectivity index (χ0) is 14.2. The van der Waals surface area contributed by atoms with E-state index in [1.165, 1.54) is 25.0 Å². The van der Waals surface area contributed by atoms with E-state index in [4.69, 9.17) is 5.73 Å². The van der Waals surface area contributed by atoms with Crippen molar-refractivity contribution in [1.29, 1.82) is 0 Å². The van der Waals surface area contributed by atoms with Crippen molar-refractivity contribution in [2.75, 3.05) is 0 Å². The molecule has 0 aromatic carbocycles. The Bertz CT molecular complexity index is 428. The van der Waals surface area contributed by atoms with Crippen molar-refractivity contribution in [3.63, 3.8) is 0 Å². The van der Waals surface area contributed by atoms with Crippen LogP contribution in [0.5, 0.6) is 0 Å². The molecule has 3 unspecified atom stereocenters. The Balaban J connectivity index is 2.07. The Kier molecular flexibility index (Phi) is 4.05. The summed E-state index contributed by atoms with van der Waals surface area (Å²) < 4.78 is 2.02. The molecular weight excluding hydrogens is 234 g/mol. The summed E-state index contributed by atoms with van der Waals surface area (Å²) in [5, 5.41) is 4.45. The monoisotopic (exact) mass is 263 g/mol. The fourth-order valence-electron chi connectivity index (χ4n) is 3.43. The van der Waals surface area contributed by atoms with Crippen LogP contribution in [0.4, 0.5) is 0 Å². The average Bonchev–Trinajstić information content (AvgIpc) is 2.59. The molecule has 1 aliphatic carbocycles. The fraction of sp³-hybridized carbons (Fsp3) is 0.812. The Morgan fingerprint density at radius 1 is 1.37 bits per heavy atom. The summed E-state index contributed by atoms with van der Waals surface area (Å²) >= 11 is 0. The van der Waals surface area contributed by atoms with Crippen molar-refractivity contribution in [2.24, 2.45) is 30.0 Å². The molecule has 108 valence electrons. The van der Waals surface area contributed by atoms with Crippen molar-refractivity contribution >= 4 is 0 Å². The van der Waals surface area contributed by atoms with Crippen molar-refractivity contribution in [1.82, 2.24) is 9.78 Å². The second-order valence-electron chi connectivity index (χ2n) is 7.40. The molecule has 0 aliphatic heterocycles. The third kappa shape index (κ3) is 3.38. The standard InChI is InChI=1S/C16H29N3/c1-11-8-14(19(5)18-11)10-12-9-13(16(2,3)4)6-7-15(12)17/h8,12-13,15H,6-7,9-10,17H2,1-5H3. The molecule has 2 rings (SSSR count). The lowest BCUT2D eigenvalue weighted by Gasteiger charge is -2.40. The first-order chi connectivity index (χ1) is 8.77. The van der Waals surface area contributed by atoms with Gasteiger partial charge in [-0.1, -0.05) is 20.8 Å². The van der Waals surface area contributed by atoms with Gasteiger partial charge in [0.2, 0.25) is 0 Å². The number of rotatable bonds is 2. The fourth-order valence-corrected chi connectivity index (χ4v) is 3.43. The summed E-state index contributed by atoms with van der Waals surface area (Å²) in [5.41, 5.74) is 9.20. The minimum atomic E-state index is 0.355. The van der Waals surface area contributed by atoms with Crippen molar-refractivity contribution in [3.8, 4) is 0 Å². The average molecular weight is 263 g/mol. The van der Waals surface area contributed by atoms with Crippen LogP contribution in [0.2, 0.25) is 0 Å². The quantitative estimate of drug-likeness (QED) is 0.891. The maximum atomic E-state index is 6.36. The zero-order valence-corrected chi connectivity index (χ0v) is 13.1. The maximum Gasteiger partial charge on any atom is 0.0596 e. The van der Waals surface area contributed by atoms with Gasteiger partial charge in [-0.05, 0) is 55.9 Å². The van der Waals surface area contributed by atoms with Crippen LogP contribution in [-0.4, -0.2) is 15.8 Å². The molecule has 1 fully saturated rings. The van der Waals surface area contributed by atoms with Crippen molar-refractivity contribution in [2.45, 2.75) is 59.4 Å². The summed E-state index contributed by atoms with van der Waals surface area (Å²) in [6, 6.07) is 2.56. The summed E-state index contributed by atoms with van der Waals surface area (Å²) in [6.07, 6.45) is 4.79. The molecule has 1 saturated carbocycles. The van der Waals surface area contributed by atoms with Gasteiger partial charge in [-0.25, -0.2) is 0 Å². The SMILES string of the molecule is Cc1cc(CC2CC(C(C)(C)C)CCC2N)n(C)n1. The largest absolute Gasteiger partial charge is 0.327 e. The van der Waals surface area contributed by atoms with E-state index in [-0.39, 0.29) is 0 Å². The van der Waals surface area contributed by atoms with Crippen LogP contribution in [0.15, 0.2) is 6.07 Å². The minimum Gasteiger partial charge on any atom is -0.327 e. The molecular formula is C16H29N3. The van der Waals surface area contributed by atoms with Crippen LogP contribution >= 0.6 is 0 Å². The maximum absolute atomic E-state index is 6.36. The molecule has 3 nitrogen and oxygen atoms in total. The Labute approximate surface area is 117 Å². The molecule has 0 radical (unpaired) electrons. The molecule has 19 heavy (non-hydrogen) atoms. The first kappa shape index (κ1) is 14.6. The van der Waals surface area contributed by atoms with Crippen LogP contribution in [0, 0.1) is 24.2 Å². The highest BCUT2D eigenvalue weighted by molar-refractivity contribution is 5.10. The first-order valence-corrected chi connectivity index (χ1v) is 7.52. The molecule has 1 heterocycles. The van der Waals surface area contributed by atoms with Gasteiger partial charge in [0.25, 0.3) is 0 Å². The van der Waals surface area contributed by atoms with E-state index in [9.17, 15) is 0 Å². The highest BCUT2D eigenvalue weighted by atomic mass is 15.3. The molecule has 3 heteroatoms. The third-order valence-corrected chi connectivity index (χ3v) is 4.84. The third-order valence-electron chi connectivity index (χ3n) is 4.84. The van der Waals surface area contributed by atoms with Gasteiger partial charge in [0.1, 0.15) is 0 Å². The van der Waals surface area contributed by atoms with Crippen LogP contribution in [0.25, 0.3) is 0 Å². The Morgan fingerprint density at radius 2 is 2.05 bits per heavy atom. The van der Waals surface area contributed by atoms with Crippen LogP contribution in [-0.2, 0) is 13.5 Å². The topological polar surface area (TPSA) is 43.8 Å². The van der Waals surface area contributed by atoms with E-state index in [0.717, 1.165) is 18.0 Å². The smallest absolute Gasteiger partial charge is 0.0596 e. The Hall–Kier alpha value is -0.830. The number of aryl methyl sites for hydroxylation is 2. The molecule has 1 aliphatic rings. The van der Waals surface area contributed by atoms with Gasteiger partial charge >= 0.3 is 0 Å². The molecule has 1 aromatic heterocycles. The van der Waals surface area contributed by atoms with Gasteiger partial charge in [-0.2, -0.15) is 5.10 Å².